The third kappa shape index (κ3) is 9.44. The van der Waals surface area contributed by atoms with E-state index in [1.807, 2.05) is 0 Å². The predicted molar refractivity (Wildman–Crippen MR) is 89.8 cm³/mol. The number of nitrogens with two attached hydrogens (primary N) is 1. The lowest BCUT2D eigenvalue weighted by atomic mass is 10.2. The number of hydrogen-bond donors (Lipinski definition) is 4. The molecule has 0 aliphatic heterocycles. The van der Waals surface area contributed by atoms with Gasteiger partial charge in [0.2, 0.25) is 0 Å². The average Bonchev–Trinajstić information content (AvgIpc) is 2.56. The lowest BCUT2D eigenvalue weighted by Gasteiger charge is -2.07. The highest BCUT2D eigenvalue weighted by Gasteiger charge is 2.02. The topological polar surface area (TPSA) is 92.1 Å². The molecule has 0 saturated heterocycles. The standard InChI is InChI=1S/C16H29N5O/c17-7-4-11-18-8-1-2-9-19-12-5-13-21-16(22)15-6-3-10-20-14-15/h3,6,10,14,18-19H,1-2,4-5,7-9,11-13,17H2,(H,21,22). The Morgan fingerprint density at radius 1 is 1.00 bits per heavy atom. The number of carbonyl (C=O) groups excluding carboxylic acids is 1. The van der Waals surface area contributed by atoms with Crippen molar-refractivity contribution in [3.63, 3.8) is 0 Å². The number of rotatable bonds is 13. The highest BCUT2D eigenvalue weighted by atomic mass is 16.1. The first-order valence-electron chi connectivity index (χ1n) is 8.14. The van der Waals surface area contributed by atoms with Crippen LogP contribution in [0.4, 0.5) is 0 Å². The Morgan fingerprint density at radius 2 is 1.68 bits per heavy atom. The molecule has 0 spiro atoms. The Kier molecular flexibility index (Phi) is 11.1. The van der Waals surface area contributed by atoms with Crippen LogP contribution in [0.15, 0.2) is 24.5 Å². The van der Waals surface area contributed by atoms with Gasteiger partial charge in [-0.25, -0.2) is 0 Å². The number of hydrogen-bond acceptors (Lipinski definition) is 5. The molecular formula is C16H29N5O. The van der Waals surface area contributed by atoms with Crippen LogP contribution in [0.3, 0.4) is 0 Å². The fourth-order valence-corrected chi connectivity index (χ4v) is 1.99. The molecule has 6 heteroatoms. The summed E-state index contributed by atoms with van der Waals surface area (Å²) in [5.74, 6) is -0.0587. The van der Waals surface area contributed by atoms with E-state index < -0.39 is 0 Å². The van der Waals surface area contributed by atoms with Crippen LogP contribution < -0.4 is 21.7 Å². The second-order valence-corrected chi connectivity index (χ2v) is 5.20. The van der Waals surface area contributed by atoms with Gasteiger partial charge in [-0.05, 0) is 70.5 Å². The molecule has 0 unspecified atom stereocenters. The fourth-order valence-electron chi connectivity index (χ4n) is 1.99. The van der Waals surface area contributed by atoms with E-state index in [1.165, 1.54) is 6.42 Å². The molecule has 0 atom stereocenters. The molecule has 1 rings (SSSR count). The van der Waals surface area contributed by atoms with Crippen LogP contribution in [-0.4, -0.2) is 50.2 Å². The van der Waals surface area contributed by atoms with Crippen LogP contribution in [0.1, 0.15) is 36.0 Å². The molecule has 0 bridgehead atoms. The SMILES string of the molecule is NCCCNCCCCNCCCNC(=O)c1cccnc1. The summed E-state index contributed by atoms with van der Waals surface area (Å²) in [4.78, 5) is 15.7. The van der Waals surface area contributed by atoms with Gasteiger partial charge in [-0.1, -0.05) is 0 Å². The van der Waals surface area contributed by atoms with Crippen LogP contribution in [0.2, 0.25) is 0 Å². The number of nitrogens with one attached hydrogen (secondary N) is 3. The van der Waals surface area contributed by atoms with E-state index in [9.17, 15) is 4.79 Å². The smallest absolute Gasteiger partial charge is 0.252 e. The Morgan fingerprint density at radius 3 is 2.32 bits per heavy atom. The summed E-state index contributed by atoms with van der Waals surface area (Å²) < 4.78 is 0. The van der Waals surface area contributed by atoms with E-state index in [-0.39, 0.29) is 5.91 Å². The molecule has 1 heterocycles. The summed E-state index contributed by atoms with van der Waals surface area (Å²) in [7, 11) is 0. The minimum atomic E-state index is -0.0587. The number of aromatic nitrogens is 1. The summed E-state index contributed by atoms with van der Waals surface area (Å²) in [5.41, 5.74) is 6.03. The molecule has 0 radical (unpaired) electrons. The van der Waals surface area contributed by atoms with E-state index in [2.05, 4.69) is 20.9 Å². The summed E-state index contributed by atoms with van der Waals surface area (Å²) in [6, 6.07) is 3.53. The van der Waals surface area contributed by atoms with E-state index in [4.69, 9.17) is 5.73 Å². The molecule has 0 aliphatic carbocycles. The van der Waals surface area contributed by atoms with Crippen molar-refractivity contribution in [1.29, 1.82) is 0 Å². The fraction of sp³-hybridized carbons (Fsp3) is 0.625. The van der Waals surface area contributed by atoms with Crippen molar-refractivity contribution < 1.29 is 4.79 Å². The summed E-state index contributed by atoms with van der Waals surface area (Å²) >= 11 is 0. The third-order valence-electron chi connectivity index (χ3n) is 3.25. The Labute approximate surface area is 133 Å². The number of carbonyl (C=O) groups is 1. The largest absolute Gasteiger partial charge is 0.352 e. The van der Waals surface area contributed by atoms with Gasteiger partial charge in [0, 0.05) is 18.9 Å². The van der Waals surface area contributed by atoms with Gasteiger partial charge < -0.3 is 21.7 Å². The van der Waals surface area contributed by atoms with Gasteiger partial charge in [0.15, 0.2) is 0 Å². The first-order valence-corrected chi connectivity index (χ1v) is 8.14. The maximum Gasteiger partial charge on any atom is 0.252 e. The van der Waals surface area contributed by atoms with Crippen molar-refractivity contribution in [3.05, 3.63) is 30.1 Å². The molecule has 5 N–H and O–H groups in total. The van der Waals surface area contributed by atoms with Gasteiger partial charge in [-0.3, -0.25) is 9.78 Å². The van der Waals surface area contributed by atoms with E-state index in [0.717, 1.165) is 52.0 Å². The molecule has 0 fully saturated rings. The van der Waals surface area contributed by atoms with Crippen LogP contribution in [0, 0.1) is 0 Å². The first kappa shape index (κ1) is 18.5. The lowest BCUT2D eigenvalue weighted by molar-refractivity contribution is 0.0953. The summed E-state index contributed by atoms with van der Waals surface area (Å²) in [6.07, 6.45) is 7.56. The van der Waals surface area contributed by atoms with Crippen molar-refractivity contribution >= 4 is 5.91 Å². The molecule has 1 aromatic heterocycles. The predicted octanol–water partition coefficient (Wildman–Crippen LogP) is 0.510. The zero-order valence-corrected chi connectivity index (χ0v) is 13.3. The van der Waals surface area contributed by atoms with Crippen molar-refractivity contribution in [3.8, 4) is 0 Å². The van der Waals surface area contributed by atoms with Crippen molar-refractivity contribution in [1.82, 2.24) is 20.9 Å². The monoisotopic (exact) mass is 307 g/mol. The van der Waals surface area contributed by atoms with Crippen molar-refractivity contribution in [2.45, 2.75) is 25.7 Å². The second kappa shape index (κ2) is 13.2. The Bertz CT molecular complexity index is 385. The molecule has 6 nitrogen and oxygen atoms in total. The van der Waals surface area contributed by atoms with E-state index in [0.29, 0.717) is 12.1 Å². The number of pyridine rings is 1. The Balaban J connectivity index is 1.85. The minimum Gasteiger partial charge on any atom is -0.352 e. The highest BCUT2D eigenvalue weighted by molar-refractivity contribution is 5.93. The number of nitrogens with zero attached hydrogens (tertiary/aromatic N) is 1. The van der Waals surface area contributed by atoms with Crippen molar-refractivity contribution in [2.75, 3.05) is 39.3 Å². The van der Waals surface area contributed by atoms with Gasteiger partial charge in [-0.2, -0.15) is 0 Å². The van der Waals surface area contributed by atoms with Gasteiger partial charge in [0.1, 0.15) is 0 Å². The van der Waals surface area contributed by atoms with Crippen LogP contribution in [0.5, 0.6) is 0 Å². The molecule has 124 valence electrons. The van der Waals surface area contributed by atoms with Gasteiger partial charge in [0.25, 0.3) is 5.91 Å². The van der Waals surface area contributed by atoms with Gasteiger partial charge >= 0.3 is 0 Å². The quantitative estimate of drug-likeness (QED) is 0.399. The molecule has 1 amide bonds. The van der Waals surface area contributed by atoms with E-state index >= 15 is 0 Å². The third-order valence-corrected chi connectivity index (χ3v) is 3.25. The minimum absolute atomic E-state index is 0.0587. The summed E-state index contributed by atoms with van der Waals surface area (Å²) in [6.45, 7) is 5.46. The van der Waals surface area contributed by atoms with Crippen LogP contribution in [-0.2, 0) is 0 Å². The molecule has 0 saturated carbocycles. The number of amides is 1. The molecule has 0 aliphatic rings. The lowest BCUT2D eigenvalue weighted by Crippen LogP contribution is -2.28. The maximum absolute atomic E-state index is 11.7. The zero-order valence-electron chi connectivity index (χ0n) is 13.3. The first-order chi connectivity index (χ1) is 10.8. The molecule has 1 aromatic rings. The zero-order chi connectivity index (χ0) is 15.9. The highest BCUT2D eigenvalue weighted by Crippen LogP contribution is 1.94. The second-order valence-electron chi connectivity index (χ2n) is 5.20. The van der Waals surface area contributed by atoms with Crippen molar-refractivity contribution in [2.24, 2.45) is 5.73 Å². The summed E-state index contributed by atoms with van der Waals surface area (Å²) in [5, 5.41) is 9.65. The molecular weight excluding hydrogens is 278 g/mol. The van der Waals surface area contributed by atoms with Gasteiger partial charge in [0.05, 0.1) is 5.56 Å². The van der Waals surface area contributed by atoms with E-state index in [1.54, 1.807) is 24.5 Å². The van der Waals surface area contributed by atoms with Crippen LogP contribution in [0.25, 0.3) is 0 Å². The number of unbranched alkanes of at least 4 members (excludes halogenated alkanes) is 1. The van der Waals surface area contributed by atoms with Crippen LogP contribution >= 0.6 is 0 Å². The molecule has 0 aromatic carbocycles. The average molecular weight is 307 g/mol. The van der Waals surface area contributed by atoms with Gasteiger partial charge in [-0.15, -0.1) is 0 Å². The Hall–Kier alpha value is -1.50. The molecule has 22 heavy (non-hydrogen) atoms. The maximum atomic E-state index is 11.7. The normalized spacial score (nSPS) is 10.6.